The number of nitro groups is 1. The summed E-state index contributed by atoms with van der Waals surface area (Å²) in [7, 11) is 0. The SMILES string of the molecule is Nc1nc(OCc2ccc(F)cc2)ncc1F.O=[N+]([O-])c1ccccc1SNc1nc(OCc2ccc(F)cc2)ncc1F. The minimum absolute atomic E-state index is 0.0202. The minimum Gasteiger partial charge on any atom is -0.459 e. The normalized spacial score (nSPS) is 10.4. The molecule has 0 saturated carbocycles. The van der Waals surface area contributed by atoms with Crippen LogP contribution in [-0.2, 0) is 13.2 Å². The first-order valence-electron chi connectivity index (χ1n) is 12.4. The van der Waals surface area contributed by atoms with Crippen molar-refractivity contribution in [3.05, 3.63) is 130 Å². The summed E-state index contributed by atoms with van der Waals surface area (Å²) >= 11 is 0.848. The van der Waals surface area contributed by atoms with Gasteiger partial charge >= 0.3 is 12.0 Å². The summed E-state index contributed by atoms with van der Waals surface area (Å²) < 4.78 is 65.4. The summed E-state index contributed by atoms with van der Waals surface area (Å²) in [6, 6.07) is 17.4. The molecule has 2 heterocycles. The Bertz CT molecular complexity index is 1720. The molecule has 5 aromatic rings. The number of nitrogens with two attached hydrogens (primary N) is 1. The third-order valence-electron chi connectivity index (χ3n) is 5.35. The van der Waals surface area contributed by atoms with E-state index in [1.807, 2.05) is 0 Å². The van der Waals surface area contributed by atoms with E-state index in [1.54, 1.807) is 30.3 Å². The Morgan fingerprint density at radius 3 is 1.84 bits per heavy atom. The number of hydrogen-bond acceptors (Lipinski definition) is 11. The summed E-state index contributed by atoms with van der Waals surface area (Å²) in [5.74, 6) is -2.57. The van der Waals surface area contributed by atoms with Gasteiger partial charge in [0, 0.05) is 6.07 Å². The van der Waals surface area contributed by atoms with Crippen molar-refractivity contribution in [2.75, 3.05) is 10.5 Å². The molecule has 5 rings (SSSR count). The molecule has 0 aliphatic carbocycles. The van der Waals surface area contributed by atoms with Crippen molar-refractivity contribution in [3.8, 4) is 12.0 Å². The van der Waals surface area contributed by atoms with Crippen LogP contribution in [0.2, 0.25) is 0 Å². The van der Waals surface area contributed by atoms with Gasteiger partial charge in [0.25, 0.3) is 5.69 Å². The Hall–Kier alpha value is -5.51. The second-order valence-corrected chi connectivity index (χ2v) is 9.34. The molecule has 0 atom stereocenters. The van der Waals surface area contributed by atoms with Crippen molar-refractivity contribution in [3.63, 3.8) is 0 Å². The van der Waals surface area contributed by atoms with E-state index in [0.717, 1.165) is 29.9 Å². The number of para-hydroxylation sites is 1. The number of benzene rings is 3. The van der Waals surface area contributed by atoms with Gasteiger partial charge in [-0.2, -0.15) is 9.97 Å². The second kappa shape index (κ2) is 15.1. The number of hydrogen-bond donors (Lipinski definition) is 2. The summed E-state index contributed by atoms with van der Waals surface area (Å²) in [5, 5.41) is 11.0. The van der Waals surface area contributed by atoms with Crippen LogP contribution in [0.1, 0.15) is 11.1 Å². The largest absolute Gasteiger partial charge is 0.459 e. The van der Waals surface area contributed by atoms with Crippen LogP contribution in [0.3, 0.4) is 0 Å². The van der Waals surface area contributed by atoms with Crippen LogP contribution in [0.4, 0.5) is 34.9 Å². The third kappa shape index (κ3) is 9.25. The highest BCUT2D eigenvalue weighted by Gasteiger charge is 2.15. The van der Waals surface area contributed by atoms with Crippen molar-refractivity contribution in [2.45, 2.75) is 18.1 Å². The Kier molecular flexibility index (Phi) is 10.8. The molecule has 11 nitrogen and oxygen atoms in total. The lowest BCUT2D eigenvalue weighted by atomic mass is 10.2. The van der Waals surface area contributed by atoms with E-state index in [9.17, 15) is 27.7 Å². The fourth-order valence-electron chi connectivity index (χ4n) is 3.18. The number of nitrogens with one attached hydrogen (secondary N) is 1. The van der Waals surface area contributed by atoms with Crippen LogP contribution in [-0.4, -0.2) is 24.9 Å². The number of rotatable bonds is 10. The molecule has 0 bridgehead atoms. The van der Waals surface area contributed by atoms with Gasteiger partial charge < -0.3 is 19.9 Å². The molecule has 0 fully saturated rings. The van der Waals surface area contributed by atoms with Crippen LogP contribution in [0.25, 0.3) is 0 Å². The maximum atomic E-state index is 13.9. The summed E-state index contributed by atoms with van der Waals surface area (Å²) in [5.41, 5.74) is 6.58. The Morgan fingerprint density at radius 1 is 0.773 bits per heavy atom. The number of nitrogens with zero attached hydrogens (tertiary/aromatic N) is 5. The van der Waals surface area contributed by atoms with Gasteiger partial charge in [-0.3, -0.25) is 10.1 Å². The molecule has 0 saturated heterocycles. The fraction of sp³-hybridized carbons (Fsp3) is 0.0714. The van der Waals surface area contributed by atoms with Crippen molar-refractivity contribution in [1.29, 1.82) is 0 Å². The number of nitrogen functional groups attached to an aromatic ring is 1. The van der Waals surface area contributed by atoms with Crippen LogP contribution >= 0.6 is 11.9 Å². The molecule has 0 unspecified atom stereocenters. The van der Waals surface area contributed by atoms with E-state index in [0.29, 0.717) is 10.5 Å². The summed E-state index contributed by atoms with van der Waals surface area (Å²) in [6.07, 6.45) is 1.86. The monoisotopic (exact) mass is 627 g/mol. The van der Waals surface area contributed by atoms with Gasteiger partial charge in [-0.1, -0.05) is 36.4 Å². The average Bonchev–Trinajstić information content (AvgIpc) is 3.02. The lowest BCUT2D eigenvalue weighted by Gasteiger charge is -2.08. The molecule has 0 spiro atoms. The zero-order chi connectivity index (χ0) is 31.5. The number of nitro benzene ring substituents is 1. The lowest BCUT2D eigenvalue weighted by molar-refractivity contribution is -0.387. The molecular weight excluding hydrogens is 606 g/mol. The van der Waals surface area contributed by atoms with Crippen LogP contribution < -0.4 is 19.9 Å². The predicted octanol–water partition coefficient (Wildman–Crippen LogP) is 6.28. The Labute approximate surface area is 251 Å². The van der Waals surface area contributed by atoms with E-state index in [4.69, 9.17) is 15.2 Å². The van der Waals surface area contributed by atoms with Crippen molar-refractivity contribution in [2.24, 2.45) is 0 Å². The van der Waals surface area contributed by atoms with E-state index in [1.165, 1.54) is 42.5 Å². The highest BCUT2D eigenvalue weighted by molar-refractivity contribution is 8.00. The van der Waals surface area contributed by atoms with Gasteiger partial charge in [-0.25, -0.2) is 27.5 Å². The highest BCUT2D eigenvalue weighted by Crippen LogP contribution is 2.30. The molecule has 44 heavy (non-hydrogen) atoms. The molecule has 3 N–H and O–H groups in total. The smallest absolute Gasteiger partial charge is 0.318 e. The lowest BCUT2D eigenvalue weighted by Crippen LogP contribution is -2.03. The highest BCUT2D eigenvalue weighted by atomic mass is 32.2. The zero-order valence-corrected chi connectivity index (χ0v) is 23.2. The van der Waals surface area contributed by atoms with Gasteiger partial charge in [0.15, 0.2) is 23.3 Å². The van der Waals surface area contributed by atoms with E-state index in [2.05, 4.69) is 24.7 Å². The van der Waals surface area contributed by atoms with Gasteiger partial charge in [0.05, 0.1) is 17.3 Å². The van der Waals surface area contributed by atoms with Gasteiger partial charge in [-0.05, 0) is 53.4 Å². The molecule has 0 radical (unpaired) electrons. The van der Waals surface area contributed by atoms with E-state index < -0.39 is 16.6 Å². The summed E-state index contributed by atoms with van der Waals surface area (Å²) in [4.78, 5) is 25.6. The van der Waals surface area contributed by atoms with Crippen LogP contribution in [0.15, 0.2) is 90.1 Å². The van der Waals surface area contributed by atoms with Crippen LogP contribution in [0, 0.1) is 33.4 Å². The summed E-state index contributed by atoms with van der Waals surface area (Å²) in [6.45, 7) is 0.230. The molecule has 0 aliphatic rings. The van der Waals surface area contributed by atoms with Crippen molar-refractivity contribution in [1.82, 2.24) is 19.9 Å². The predicted molar refractivity (Wildman–Crippen MR) is 152 cm³/mol. The maximum absolute atomic E-state index is 13.9. The average molecular weight is 628 g/mol. The second-order valence-electron chi connectivity index (χ2n) is 8.49. The first kappa shape index (κ1) is 31.4. The maximum Gasteiger partial charge on any atom is 0.318 e. The number of anilines is 2. The quantitative estimate of drug-likeness (QED) is 0.0779. The Balaban J connectivity index is 0.000000223. The van der Waals surface area contributed by atoms with Crippen molar-refractivity contribution < 1.29 is 32.0 Å². The molecule has 2 aromatic heterocycles. The standard InChI is InChI=1S/C17H12F2N4O3S.C11H9F2N3O/c18-12-7-5-11(6-8-12)10-26-17-20-9-13(19)16(21-17)22-27-15-4-2-1-3-14(15)23(24)25;12-8-3-1-7(2-4-8)6-17-11-15-5-9(13)10(14)16-11/h1-9H,10H2,(H,20,21,22);1-5H,6H2,(H2,14,15,16). The van der Waals surface area contributed by atoms with Crippen LogP contribution in [0.5, 0.6) is 12.0 Å². The molecule has 0 amide bonds. The van der Waals surface area contributed by atoms with Gasteiger partial charge in [0.2, 0.25) is 0 Å². The van der Waals surface area contributed by atoms with Crippen molar-refractivity contribution >= 4 is 29.3 Å². The zero-order valence-electron chi connectivity index (χ0n) is 22.4. The fourth-order valence-corrected chi connectivity index (χ4v) is 3.92. The number of halogens is 4. The number of aromatic nitrogens is 4. The van der Waals surface area contributed by atoms with Gasteiger partial charge in [0.1, 0.15) is 29.7 Å². The number of ether oxygens (including phenoxy) is 2. The molecule has 3 aromatic carbocycles. The molecule has 0 aliphatic heterocycles. The molecule has 16 heteroatoms. The van der Waals surface area contributed by atoms with E-state index in [-0.39, 0.29) is 54.2 Å². The first-order chi connectivity index (χ1) is 21.2. The van der Waals surface area contributed by atoms with E-state index >= 15 is 0 Å². The molecular formula is C28H21F4N7O4S. The minimum atomic E-state index is -0.741. The first-order valence-corrected chi connectivity index (χ1v) is 13.2. The topological polar surface area (TPSA) is 151 Å². The Morgan fingerprint density at radius 2 is 1.30 bits per heavy atom. The van der Waals surface area contributed by atoms with Gasteiger partial charge in [-0.15, -0.1) is 0 Å². The third-order valence-corrected chi connectivity index (χ3v) is 6.21. The molecule has 226 valence electrons.